The van der Waals surface area contributed by atoms with Crippen LogP contribution in [-0.2, 0) is 9.59 Å². The average Bonchev–Trinajstić information content (AvgIpc) is 3.54. The lowest BCUT2D eigenvalue weighted by Gasteiger charge is -2.24. The van der Waals surface area contributed by atoms with E-state index < -0.39 is 29.4 Å². The minimum absolute atomic E-state index is 0.0667. The lowest BCUT2D eigenvalue weighted by Crippen LogP contribution is -2.30. The lowest BCUT2D eigenvalue weighted by molar-refractivity contribution is -0.135. The van der Waals surface area contributed by atoms with E-state index in [1.807, 2.05) is 75.4 Å². The fourth-order valence-electron chi connectivity index (χ4n) is 4.96. The molecule has 1 saturated heterocycles. The van der Waals surface area contributed by atoms with Crippen LogP contribution in [0.15, 0.2) is 71.1 Å². The first-order valence-corrected chi connectivity index (χ1v) is 12.5. The van der Waals surface area contributed by atoms with Crippen LogP contribution in [0.4, 0.5) is 5.13 Å². The number of thiazole rings is 1. The molecule has 0 aliphatic carbocycles. The van der Waals surface area contributed by atoms with Crippen molar-refractivity contribution in [2.75, 3.05) is 4.90 Å². The minimum Gasteiger partial charge on any atom is -0.453 e. The third kappa shape index (κ3) is 3.46. The van der Waals surface area contributed by atoms with Gasteiger partial charge >= 0.3 is 0 Å². The average molecular weight is 495 g/mol. The number of hydrogen-bond acceptors (Lipinski definition) is 6. The molecule has 1 fully saturated rings. The van der Waals surface area contributed by atoms with Crippen molar-refractivity contribution in [2.45, 2.75) is 26.8 Å². The Morgan fingerprint density at radius 3 is 2.44 bits per heavy atom. The number of aryl methyl sites for hydroxylation is 3. The quantitative estimate of drug-likeness (QED) is 0.171. The number of aromatic nitrogens is 1. The van der Waals surface area contributed by atoms with E-state index in [1.165, 1.54) is 16.2 Å². The normalized spacial score (nSPS) is 18.0. The number of benzene rings is 3. The van der Waals surface area contributed by atoms with E-state index in [9.17, 15) is 14.4 Å². The Bertz CT molecular complexity index is 1660. The molecule has 36 heavy (non-hydrogen) atoms. The van der Waals surface area contributed by atoms with E-state index in [-0.39, 0.29) is 5.76 Å². The number of anilines is 1. The Hall–Kier alpha value is -4.10. The van der Waals surface area contributed by atoms with Crippen LogP contribution in [0, 0.1) is 26.7 Å². The fraction of sp³-hybridized carbons (Fsp3) is 0.172. The maximum atomic E-state index is 13.8. The number of rotatable bonds is 4. The van der Waals surface area contributed by atoms with Crippen LogP contribution >= 0.6 is 11.3 Å². The Morgan fingerprint density at radius 1 is 0.944 bits per heavy atom. The molecule has 1 aliphatic heterocycles. The molecule has 6 rings (SSSR count). The summed E-state index contributed by atoms with van der Waals surface area (Å²) in [7, 11) is 0. The second-order valence-corrected chi connectivity index (χ2v) is 10.3. The molecule has 5 aromatic rings. The SMILES string of the molecule is Cc1ccc(C2C(C(=O)c3cc4ccccc4o3)C(=O)C(=O)N2c2nc3c(C)cc(C)cc3s2)cc1. The summed E-state index contributed by atoms with van der Waals surface area (Å²) >= 11 is 1.35. The van der Waals surface area contributed by atoms with Gasteiger partial charge in [0.05, 0.1) is 16.3 Å². The van der Waals surface area contributed by atoms with Gasteiger partial charge in [-0.05, 0) is 55.7 Å². The smallest absolute Gasteiger partial charge is 0.297 e. The lowest BCUT2D eigenvalue weighted by atomic mass is 9.88. The molecule has 2 atom stereocenters. The van der Waals surface area contributed by atoms with Gasteiger partial charge in [0.15, 0.2) is 10.9 Å². The van der Waals surface area contributed by atoms with Gasteiger partial charge in [-0.3, -0.25) is 19.3 Å². The van der Waals surface area contributed by atoms with Gasteiger partial charge in [0.2, 0.25) is 11.6 Å². The van der Waals surface area contributed by atoms with Crippen molar-refractivity contribution in [3.05, 3.63) is 94.7 Å². The molecule has 0 N–H and O–H groups in total. The van der Waals surface area contributed by atoms with Crippen LogP contribution < -0.4 is 4.90 Å². The molecule has 0 saturated carbocycles. The first-order valence-electron chi connectivity index (χ1n) is 11.7. The summed E-state index contributed by atoms with van der Waals surface area (Å²) in [5.41, 5.74) is 5.15. The van der Waals surface area contributed by atoms with E-state index in [0.29, 0.717) is 16.3 Å². The third-order valence-corrected chi connectivity index (χ3v) is 7.70. The number of hydrogen-bond donors (Lipinski definition) is 0. The number of amides is 1. The molecule has 178 valence electrons. The molecule has 0 radical (unpaired) electrons. The van der Waals surface area contributed by atoms with Crippen molar-refractivity contribution in [1.29, 1.82) is 0 Å². The van der Waals surface area contributed by atoms with Gasteiger partial charge in [0.1, 0.15) is 11.5 Å². The summed E-state index contributed by atoms with van der Waals surface area (Å²) < 4.78 is 6.73. The van der Waals surface area contributed by atoms with Gasteiger partial charge in [-0.25, -0.2) is 4.98 Å². The Kier molecular flexibility index (Phi) is 5.12. The summed E-state index contributed by atoms with van der Waals surface area (Å²) in [5.74, 6) is -3.17. The maximum absolute atomic E-state index is 13.8. The molecule has 0 bridgehead atoms. The van der Waals surface area contributed by atoms with Crippen LogP contribution in [0.1, 0.15) is 38.9 Å². The standard InChI is InChI=1S/C29H22N2O4S/c1-15-8-10-18(11-9-15)25-23(26(32)21-14-19-6-4-5-7-20(19)35-21)27(33)28(34)31(25)29-30-24-17(3)12-16(2)13-22(24)36-29/h4-14,23,25H,1-3H3. The molecule has 1 amide bonds. The topological polar surface area (TPSA) is 80.5 Å². The van der Waals surface area contributed by atoms with Crippen molar-refractivity contribution in [1.82, 2.24) is 4.98 Å². The number of carbonyl (C=O) groups excluding carboxylic acids is 3. The van der Waals surface area contributed by atoms with Crippen molar-refractivity contribution < 1.29 is 18.8 Å². The Morgan fingerprint density at radius 2 is 1.69 bits per heavy atom. The number of ketones is 2. The Labute approximate surface area is 211 Å². The molecular formula is C29H22N2O4S. The molecule has 0 spiro atoms. The molecule has 2 aromatic heterocycles. The van der Waals surface area contributed by atoms with Gasteiger partial charge in [0.25, 0.3) is 5.91 Å². The van der Waals surface area contributed by atoms with E-state index in [4.69, 9.17) is 9.40 Å². The van der Waals surface area contributed by atoms with Crippen molar-refractivity contribution in [2.24, 2.45) is 5.92 Å². The second-order valence-electron chi connectivity index (χ2n) is 9.31. The summed E-state index contributed by atoms with van der Waals surface area (Å²) in [6.07, 6.45) is 0. The van der Waals surface area contributed by atoms with Crippen molar-refractivity contribution >= 4 is 55.1 Å². The van der Waals surface area contributed by atoms with Crippen LogP contribution in [0.3, 0.4) is 0 Å². The highest BCUT2D eigenvalue weighted by Gasteiger charge is 2.54. The number of nitrogens with zero attached hydrogens (tertiary/aromatic N) is 2. The number of fused-ring (bicyclic) bond motifs is 2. The van der Waals surface area contributed by atoms with Crippen molar-refractivity contribution in [3.8, 4) is 0 Å². The maximum Gasteiger partial charge on any atom is 0.297 e. The largest absolute Gasteiger partial charge is 0.453 e. The number of carbonyl (C=O) groups is 3. The predicted molar refractivity (Wildman–Crippen MR) is 140 cm³/mol. The monoisotopic (exact) mass is 494 g/mol. The van der Waals surface area contributed by atoms with Crippen molar-refractivity contribution in [3.63, 3.8) is 0 Å². The summed E-state index contributed by atoms with van der Waals surface area (Å²) in [4.78, 5) is 46.8. The van der Waals surface area contributed by atoms with E-state index in [2.05, 4.69) is 0 Å². The van der Waals surface area contributed by atoms with Crippen LogP contribution in [-0.4, -0.2) is 22.5 Å². The zero-order valence-corrected chi connectivity index (χ0v) is 20.8. The van der Waals surface area contributed by atoms with Crippen LogP contribution in [0.25, 0.3) is 21.2 Å². The highest BCUT2D eigenvalue weighted by molar-refractivity contribution is 7.22. The highest BCUT2D eigenvalue weighted by Crippen LogP contribution is 2.44. The summed E-state index contributed by atoms with van der Waals surface area (Å²) in [6.45, 7) is 5.94. The second kappa shape index (κ2) is 8.24. The molecule has 2 unspecified atom stereocenters. The van der Waals surface area contributed by atoms with Gasteiger partial charge in [-0.15, -0.1) is 0 Å². The van der Waals surface area contributed by atoms with E-state index in [0.717, 1.165) is 32.3 Å². The fourth-order valence-corrected chi connectivity index (χ4v) is 6.14. The number of Topliss-reactive ketones (excluding diaryl/α,β-unsaturated/α-hetero) is 2. The molecule has 7 heteroatoms. The van der Waals surface area contributed by atoms with Crippen LogP contribution in [0.2, 0.25) is 0 Å². The minimum atomic E-state index is -1.24. The summed E-state index contributed by atoms with van der Waals surface area (Å²) in [6, 6.07) is 19.7. The van der Waals surface area contributed by atoms with Gasteiger partial charge in [-0.2, -0.15) is 0 Å². The zero-order valence-electron chi connectivity index (χ0n) is 19.9. The number of para-hydroxylation sites is 1. The van der Waals surface area contributed by atoms with Gasteiger partial charge in [-0.1, -0.05) is 65.4 Å². The molecular weight excluding hydrogens is 472 g/mol. The van der Waals surface area contributed by atoms with Gasteiger partial charge < -0.3 is 4.42 Å². The highest BCUT2D eigenvalue weighted by atomic mass is 32.1. The van der Waals surface area contributed by atoms with E-state index >= 15 is 0 Å². The number of furan rings is 1. The molecule has 3 heterocycles. The van der Waals surface area contributed by atoms with Gasteiger partial charge in [0, 0.05) is 5.39 Å². The Balaban J connectivity index is 1.51. The summed E-state index contributed by atoms with van der Waals surface area (Å²) in [5, 5.41) is 1.17. The first kappa shape index (κ1) is 22.4. The van der Waals surface area contributed by atoms with E-state index in [1.54, 1.807) is 12.1 Å². The molecule has 3 aromatic carbocycles. The first-order chi connectivity index (χ1) is 17.3. The third-order valence-electron chi connectivity index (χ3n) is 6.70. The zero-order chi connectivity index (χ0) is 25.1. The van der Waals surface area contributed by atoms with Crippen LogP contribution in [0.5, 0.6) is 0 Å². The predicted octanol–water partition coefficient (Wildman–Crippen LogP) is 6.12. The molecule has 6 nitrogen and oxygen atoms in total. The molecule has 1 aliphatic rings.